The minimum atomic E-state index is -1.08. The molecule has 0 bridgehead atoms. The molecule has 0 saturated heterocycles. The Balaban J connectivity index is 2.28. The fourth-order valence-corrected chi connectivity index (χ4v) is 2.28. The maximum Gasteiger partial charge on any atom is 0.336 e. The van der Waals surface area contributed by atoms with Crippen LogP contribution in [0.4, 0.5) is 0 Å². The topological polar surface area (TPSA) is 76.7 Å². The van der Waals surface area contributed by atoms with E-state index in [-0.39, 0.29) is 16.8 Å². The number of rotatable bonds is 3. The molecule has 110 valence electrons. The number of methoxy groups -OCH3 is 1. The lowest BCUT2D eigenvalue weighted by Gasteiger charge is -2.07. The van der Waals surface area contributed by atoms with Gasteiger partial charge in [-0.25, -0.2) is 4.79 Å². The Morgan fingerprint density at radius 3 is 2.64 bits per heavy atom. The van der Waals surface area contributed by atoms with Gasteiger partial charge in [-0.1, -0.05) is 18.2 Å². The highest BCUT2D eigenvalue weighted by molar-refractivity contribution is 5.95. The molecule has 1 aromatic heterocycles. The molecule has 5 heteroatoms. The molecule has 0 unspecified atom stereocenters. The van der Waals surface area contributed by atoms with Crippen LogP contribution in [-0.2, 0) is 0 Å². The van der Waals surface area contributed by atoms with Gasteiger partial charge in [-0.2, -0.15) is 0 Å². The highest BCUT2D eigenvalue weighted by atomic mass is 16.5. The Hall–Kier alpha value is -3.08. The molecule has 3 aromatic rings. The zero-order valence-corrected chi connectivity index (χ0v) is 11.7. The number of carboxylic acid groups (broad SMARTS) is 1. The van der Waals surface area contributed by atoms with Crippen LogP contribution < -0.4 is 10.2 Å². The second-order valence-corrected chi connectivity index (χ2v) is 4.69. The van der Waals surface area contributed by atoms with E-state index in [1.807, 2.05) is 0 Å². The molecule has 0 amide bonds. The Bertz CT molecular complexity index is 924. The molecule has 0 spiro atoms. The van der Waals surface area contributed by atoms with Gasteiger partial charge in [0.2, 0.25) is 0 Å². The normalized spacial score (nSPS) is 10.6. The van der Waals surface area contributed by atoms with Crippen molar-refractivity contribution < 1.29 is 19.1 Å². The molecule has 0 aliphatic carbocycles. The first-order valence-electron chi connectivity index (χ1n) is 6.55. The Kier molecular flexibility index (Phi) is 3.39. The third kappa shape index (κ3) is 2.33. The van der Waals surface area contributed by atoms with Crippen molar-refractivity contribution in [2.45, 2.75) is 0 Å². The van der Waals surface area contributed by atoms with Crippen molar-refractivity contribution >= 4 is 16.9 Å². The number of benzene rings is 2. The molecule has 0 aliphatic rings. The monoisotopic (exact) mass is 296 g/mol. The van der Waals surface area contributed by atoms with Crippen molar-refractivity contribution in [1.29, 1.82) is 0 Å². The fraction of sp³-hybridized carbons (Fsp3) is 0.0588. The SMILES string of the molecule is COc1ccc2c(=O)cc(-c3ccccc3C(=O)O)oc2c1. The van der Waals surface area contributed by atoms with E-state index in [2.05, 4.69) is 0 Å². The molecule has 22 heavy (non-hydrogen) atoms. The van der Waals surface area contributed by atoms with Crippen molar-refractivity contribution in [2.24, 2.45) is 0 Å². The van der Waals surface area contributed by atoms with Crippen molar-refractivity contribution in [3.05, 3.63) is 64.3 Å². The molecule has 1 N–H and O–H groups in total. The smallest absolute Gasteiger partial charge is 0.336 e. The van der Waals surface area contributed by atoms with Crippen LogP contribution in [0.15, 0.2) is 57.7 Å². The largest absolute Gasteiger partial charge is 0.497 e. The van der Waals surface area contributed by atoms with E-state index in [1.54, 1.807) is 36.4 Å². The van der Waals surface area contributed by atoms with E-state index in [0.717, 1.165) is 0 Å². The van der Waals surface area contributed by atoms with Crippen LogP contribution in [0.1, 0.15) is 10.4 Å². The maximum absolute atomic E-state index is 12.2. The number of aromatic carboxylic acids is 1. The molecule has 0 saturated carbocycles. The number of ether oxygens (including phenoxy) is 1. The number of carbonyl (C=O) groups is 1. The lowest BCUT2D eigenvalue weighted by Crippen LogP contribution is -2.03. The van der Waals surface area contributed by atoms with E-state index in [1.165, 1.54) is 19.2 Å². The predicted octanol–water partition coefficient (Wildman–Crippen LogP) is 3.17. The Morgan fingerprint density at radius 2 is 1.91 bits per heavy atom. The summed E-state index contributed by atoms with van der Waals surface area (Å²) >= 11 is 0. The summed E-state index contributed by atoms with van der Waals surface area (Å²) in [6.07, 6.45) is 0. The number of fused-ring (bicyclic) bond motifs is 1. The molecule has 1 heterocycles. The minimum absolute atomic E-state index is 0.0768. The van der Waals surface area contributed by atoms with Crippen LogP contribution in [-0.4, -0.2) is 18.2 Å². The standard InChI is InChI=1S/C17H12O5/c1-21-10-6-7-13-14(18)9-16(22-15(13)8-10)11-4-2-3-5-12(11)17(19)20/h2-9H,1H3,(H,19,20). The Morgan fingerprint density at radius 1 is 1.14 bits per heavy atom. The van der Waals surface area contributed by atoms with Gasteiger partial charge in [0.15, 0.2) is 5.43 Å². The van der Waals surface area contributed by atoms with Crippen molar-refractivity contribution in [3.8, 4) is 17.1 Å². The van der Waals surface area contributed by atoms with Crippen LogP contribution in [0.5, 0.6) is 5.75 Å². The van der Waals surface area contributed by atoms with E-state index >= 15 is 0 Å². The van der Waals surface area contributed by atoms with Crippen LogP contribution in [0.3, 0.4) is 0 Å². The summed E-state index contributed by atoms with van der Waals surface area (Å²) in [5.74, 6) is -0.313. The third-order valence-corrected chi connectivity index (χ3v) is 3.36. The molecular formula is C17H12O5. The molecule has 5 nitrogen and oxygen atoms in total. The number of carboxylic acids is 1. The predicted molar refractivity (Wildman–Crippen MR) is 81.4 cm³/mol. The maximum atomic E-state index is 12.2. The van der Waals surface area contributed by atoms with E-state index < -0.39 is 5.97 Å². The van der Waals surface area contributed by atoms with Gasteiger partial charge in [0.25, 0.3) is 0 Å². The molecule has 3 rings (SSSR count). The zero-order valence-electron chi connectivity index (χ0n) is 11.7. The second-order valence-electron chi connectivity index (χ2n) is 4.69. The summed E-state index contributed by atoms with van der Waals surface area (Å²) in [4.78, 5) is 23.5. The summed E-state index contributed by atoms with van der Waals surface area (Å²) in [6, 6.07) is 12.6. The van der Waals surface area contributed by atoms with E-state index in [9.17, 15) is 14.7 Å². The van der Waals surface area contributed by atoms with Gasteiger partial charge in [-0.05, 0) is 18.2 Å². The first kappa shape index (κ1) is 13.9. The van der Waals surface area contributed by atoms with Gasteiger partial charge in [0.05, 0.1) is 18.1 Å². The van der Waals surface area contributed by atoms with Crippen LogP contribution >= 0.6 is 0 Å². The summed E-state index contributed by atoms with van der Waals surface area (Å²) in [5.41, 5.74) is 0.547. The van der Waals surface area contributed by atoms with Gasteiger partial charge in [0.1, 0.15) is 17.1 Å². The van der Waals surface area contributed by atoms with E-state index in [0.29, 0.717) is 22.3 Å². The molecule has 0 atom stereocenters. The quantitative estimate of drug-likeness (QED) is 0.803. The van der Waals surface area contributed by atoms with Gasteiger partial charge in [-0.15, -0.1) is 0 Å². The van der Waals surface area contributed by atoms with Gasteiger partial charge in [0, 0.05) is 17.7 Å². The van der Waals surface area contributed by atoms with Crippen LogP contribution in [0.25, 0.3) is 22.3 Å². The van der Waals surface area contributed by atoms with E-state index in [4.69, 9.17) is 9.15 Å². The van der Waals surface area contributed by atoms with Gasteiger partial charge >= 0.3 is 5.97 Å². The first-order chi connectivity index (χ1) is 10.6. The summed E-state index contributed by atoms with van der Waals surface area (Å²) in [5, 5.41) is 9.67. The van der Waals surface area contributed by atoms with Crippen molar-refractivity contribution in [2.75, 3.05) is 7.11 Å². The average molecular weight is 296 g/mol. The molecule has 2 aromatic carbocycles. The van der Waals surface area contributed by atoms with Crippen molar-refractivity contribution in [3.63, 3.8) is 0 Å². The zero-order chi connectivity index (χ0) is 15.7. The third-order valence-electron chi connectivity index (χ3n) is 3.36. The summed E-state index contributed by atoms with van der Waals surface area (Å²) in [6.45, 7) is 0. The highest BCUT2D eigenvalue weighted by Crippen LogP contribution is 2.27. The Labute approximate surface area is 125 Å². The van der Waals surface area contributed by atoms with Crippen LogP contribution in [0, 0.1) is 0 Å². The molecule has 0 aliphatic heterocycles. The summed E-state index contributed by atoms with van der Waals surface area (Å²) in [7, 11) is 1.52. The number of hydrogen-bond donors (Lipinski definition) is 1. The van der Waals surface area contributed by atoms with Gasteiger partial charge in [-0.3, -0.25) is 4.79 Å². The number of hydrogen-bond acceptors (Lipinski definition) is 4. The average Bonchev–Trinajstić information content (AvgIpc) is 2.54. The lowest BCUT2D eigenvalue weighted by atomic mass is 10.0. The molecule has 0 radical (unpaired) electrons. The van der Waals surface area contributed by atoms with Crippen molar-refractivity contribution in [1.82, 2.24) is 0 Å². The fourth-order valence-electron chi connectivity index (χ4n) is 2.28. The molecule has 0 fully saturated rings. The second kappa shape index (κ2) is 5.37. The molecular weight excluding hydrogens is 284 g/mol. The summed E-state index contributed by atoms with van der Waals surface area (Å²) < 4.78 is 10.8. The highest BCUT2D eigenvalue weighted by Gasteiger charge is 2.14. The van der Waals surface area contributed by atoms with Crippen LogP contribution in [0.2, 0.25) is 0 Å². The lowest BCUT2D eigenvalue weighted by molar-refractivity contribution is 0.0697. The minimum Gasteiger partial charge on any atom is -0.497 e. The van der Waals surface area contributed by atoms with Gasteiger partial charge < -0.3 is 14.3 Å². The first-order valence-corrected chi connectivity index (χ1v) is 6.55.